The van der Waals surface area contributed by atoms with Crippen LogP contribution in [0.4, 0.5) is 0 Å². The Balaban J connectivity index is 1.78. The van der Waals surface area contributed by atoms with Crippen LogP contribution < -0.4 is 5.32 Å². The first kappa shape index (κ1) is 17.5. The van der Waals surface area contributed by atoms with E-state index in [9.17, 15) is 14.4 Å². The lowest BCUT2D eigenvalue weighted by Crippen LogP contribution is -2.36. The van der Waals surface area contributed by atoms with Gasteiger partial charge in [-0.1, -0.05) is 15.9 Å². The summed E-state index contributed by atoms with van der Waals surface area (Å²) in [6.45, 7) is 2.55. The Morgan fingerprint density at radius 2 is 1.96 bits per heavy atom. The van der Waals surface area contributed by atoms with Crippen molar-refractivity contribution in [2.24, 2.45) is 5.41 Å². The second kappa shape index (κ2) is 7.12. The fraction of sp³-hybridized carbons (Fsp3) is 0.438. The first-order valence-corrected chi connectivity index (χ1v) is 8.16. The predicted molar refractivity (Wildman–Crippen MR) is 88.0 cm³/mol. The van der Waals surface area contributed by atoms with E-state index in [4.69, 9.17) is 5.11 Å². The van der Waals surface area contributed by atoms with Crippen molar-refractivity contribution >= 4 is 33.7 Å². The molecule has 0 aliphatic carbocycles. The summed E-state index contributed by atoms with van der Waals surface area (Å²) in [6, 6.07) is 6.94. The number of carboxylic acid groups (broad SMARTS) is 1. The molecule has 0 saturated carbocycles. The van der Waals surface area contributed by atoms with Crippen molar-refractivity contribution in [2.45, 2.75) is 19.8 Å². The maximum atomic E-state index is 12.1. The van der Waals surface area contributed by atoms with E-state index in [-0.39, 0.29) is 31.3 Å². The Bertz CT molecular complexity index is 617. The molecule has 1 aliphatic rings. The highest BCUT2D eigenvalue weighted by Crippen LogP contribution is 2.30. The van der Waals surface area contributed by atoms with Gasteiger partial charge >= 0.3 is 5.97 Å². The van der Waals surface area contributed by atoms with Crippen molar-refractivity contribution in [3.8, 4) is 0 Å². The number of hydrogen-bond acceptors (Lipinski definition) is 3. The van der Waals surface area contributed by atoms with E-state index in [1.807, 2.05) is 0 Å². The molecular weight excluding hydrogens is 364 g/mol. The maximum absolute atomic E-state index is 12.1. The molecule has 2 N–H and O–H groups in total. The van der Waals surface area contributed by atoms with Gasteiger partial charge in [0.2, 0.25) is 5.91 Å². The fourth-order valence-corrected chi connectivity index (χ4v) is 2.76. The van der Waals surface area contributed by atoms with Gasteiger partial charge < -0.3 is 15.3 Å². The first-order valence-electron chi connectivity index (χ1n) is 7.37. The zero-order valence-corrected chi connectivity index (χ0v) is 14.4. The Labute approximate surface area is 143 Å². The normalized spacial score (nSPS) is 20.3. The Hall–Kier alpha value is -1.89. The minimum absolute atomic E-state index is 0.133. The second-order valence-corrected chi connectivity index (χ2v) is 6.86. The highest BCUT2D eigenvalue weighted by Gasteiger charge is 2.41. The lowest BCUT2D eigenvalue weighted by Gasteiger charge is -2.20. The van der Waals surface area contributed by atoms with Crippen LogP contribution in [0, 0.1) is 5.41 Å². The van der Waals surface area contributed by atoms with Gasteiger partial charge in [0.25, 0.3) is 5.91 Å². The molecule has 0 aromatic heterocycles. The highest BCUT2D eigenvalue weighted by molar-refractivity contribution is 9.10. The van der Waals surface area contributed by atoms with Crippen molar-refractivity contribution < 1.29 is 19.5 Å². The van der Waals surface area contributed by atoms with Gasteiger partial charge in [0, 0.05) is 36.1 Å². The summed E-state index contributed by atoms with van der Waals surface area (Å²) in [5, 5.41) is 11.9. The van der Waals surface area contributed by atoms with Crippen LogP contribution in [-0.4, -0.2) is 47.4 Å². The minimum Gasteiger partial charge on any atom is -0.481 e. The molecule has 2 rings (SSSR count). The summed E-state index contributed by atoms with van der Waals surface area (Å²) in [4.78, 5) is 36.7. The third-order valence-electron chi connectivity index (χ3n) is 4.07. The molecule has 1 aromatic carbocycles. The van der Waals surface area contributed by atoms with Gasteiger partial charge in [-0.05, 0) is 37.6 Å². The van der Waals surface area contributed by atoms with Crippen LogP contribution in [0.2, 0.25) is 0 Å². The van der Waals surface area contributed by atoms with Gasteiger partial charge in [0.15, 0.2) is 0 Å². The van der Waals surface area contributed by atoms with Crippen molar-refractivity contribution in [1.82, 2.24) is 10.2 Å². The van der Waals surface area contributed by atoms with Crippen molar-refractivity contribution in [3.05, 3.63) is 34.3 Å². The van der Waals surface area contributed by atoms with E-state index in [1.165, 1.54) is 0 Å². The number of aliphatic carboxylic acids is 1. The number of nitrogens with zero attached hydrogens (tertiary/aromatic N) is 1. The maximum Gasteiger partial charge on any atom is 0.311 e. The molecule has 1 atom stereocenters. The molecule has 0 bridgehead atoms. The molecular formula is C16H19BrN2O4. The van der Waals surface area contributed by atoms with Crippen LogP contribution in [0.15, 0.2) is 28.7 Å². The molecule has 6 nitrogen and oxygen atoms in total. The number of benzene rings is 1. The highest BCUT2D eigenvalue weighted by atomic mass is 79.9. The zero-order chi connectivity index (χ0) is 17.0. The topological polar surface area (TPSA) is 86.7 Å². The molecule has 1 heterocycles. The van der Waals surface area contributed by atoms with E-state index in [0.717, 1.165) is 4.47 Å². The predicted octanol–water partition coefficient (Wildman–Crippen LogP) is 1.89. The molecule has 124 valence electrons. The van der Waals surface area contributed by atoms with Gasteiger partial charge in [0.05, 0.1) is 5.41 Å². The lowest BCUT2D eigenvalue weighted by molar-refractivity contribution is -0.147. The molecule has 0 radical (unpaired) electrons. The van der Waals surface area contributed by atoms with Gasteiger partial charge in [-0.2, -0.15) is 0 Å². The van der Waals surface area contributed by atoms with Crippen LogP contribution in [0.25, 0.3) is 0 Å². The minimum atomic E-state index is -0.878. The third-order valence-corrected chi connectivity index (χ3v) is 4.60. The van der Waals surface area contributed by atoms with Crippen LogP contribution in [0.3, 0.4) is 0 Å². The molecule has 2 amide bonds. The molecule has 1 aliphatic heterocycles. The molecule has 1 unspecified atom stereocenters. The van der Waals surface area contributed by atoms with Gasteiger partial charge in [-0.25, -0.2) is 0 Å². The van der Waals surface area contributed by atoms with E-state index in [1.54, 1.807) is 36.1 Å². The van der Waals surface area contributed by atoms with Gasteiger partial charge in [-0.3, -0.25) is 14.4 Å². The van der Waals surface area contributed by atoms with Crippen molar-refractivity contribution in [1.29, 1.82) is 0 Å². The number of likely N-dealkylation sites (tertiary alicyclic amines) is 1. The van der Waals surface area contributed by atoms with Crippen LogP contribution >= 0.6 is 15.9 Å². The molecule has 1 saturated heterocycles. The van der Waals surface area contributed by atoms with Crippen LogP contribution in [0.5, 0.6) is 0 Å². The zero-order valence-electron chi connectivity index (χ0n) is 12.8. The quantitative estimate of drug-likeness (QED) is 0.813. The van der Waals surface area contributed by atoms with Crippen molar-refractivity contribution in [3.63, 3.8) is 0 Å². The second-order valence-electron chi connectivity index (χ2n) is 5.94. The number of carbonyl (C=O) groups excluding carboxylic acids is 2. The van der Waals surface area contributed by atoms with E-state index in [0.29, 0.717) is 18.5 Å². The molecule has 1 fully saturated rings. The first-order chi connectivity index (χ1) is 10.8. The number of nitrogens with one attached hydrogen (secondary N) is 1. The van der Waals surface area contributed by atoms with Crippen LogP contribution in [-0.2, 0) is 9.59 Å². The Kier molecular flexibility index (Phi) is 5.41. The average Bonchev–Trinajstić information content (AvgIpc) is 2.92. The largest absolute Gasteiger partial charge is 0.481 e. The number of hydrogen-bond donors (Lipinski definition) is 2. The van der Waals surface area contributed by atoms with E-state index < -0.39 is 11.4 Å². The summed E-state index contributed by atoms with van der Waals surface area (Å²) in [5.41, 5.74) is -0.337. The van der Waals surface area contributed by atoms with E-state index >= 15 is 0 Å². The summed E-state index contributed by atoms with van der Waals surface area (Å²) in [7, 11) is 0. The number of amides is 2. The van der Waals surface area contributed by atoms with Gasteiger partial charge in [-0.15, -0.1) is 0 Å². The Morgan fingerprint density at radius 3 is 2.52 bits per heavy atom. The molecule has 7 heteroatoms. The molecule has 0 spiro atoms. The smallest absolute Gasteiger partial charge is 0.311 e. The summed E-state index contributed by atoms with van der Waals surface area (Å²) >= 11 is 3.30. The molecule has 23 heavy (non-hydrogen) atoms. The summed E-state index contributed by atoms with van der Waals surface area (Å²) in [6.07, 6.45) is 0.622. The SMILES string of the molecule is CC1(C(=O)O)CCN(C(=O)CCNC(=O)c2ccc(Br)cc2)C1. The monoisotopic (exact) mass is 382 g/mol. The van der Waals surface area contributed by atoms with Crippen molar-refractivity contribution in [2.75, 3.05) is 19.6 Å². The number of halogens is 1. The number of carbonyl (C=O) groups is 3. The number of carboxylic acids is 1. The average molecular weight is 383 g/mol. The van der Waals surface area contributed by atoms with E-state index in [2.05, 4.69) is 21.2 Å². The van der Waals surface area contributed by atoms with Crippen LogP contribution in [0.1, 0.15) is 30.1 Å². The standard InChI is InChI=1S/C16H19BrN2O4/c1-16(15(22)23)7-9-19(10-16)13(20)6-8-18-14(21)11-2-4-12(17)5-3-11/h2-5H,6-10H2,1H3,(H,18,21)(H,22,23). The van der Waals surface area contributed by atoms with Gasteiger partial charge in [0.1, 0.15) is 0 Å². The third kappa shape index (κ3) is 4.31. The Morgan fingerprint density at radius 1 is 1.30 bits per heavy atom. The summed E-state index contributed by atoms with van der Waals surface area (Å²) in [5.74, 6) is -1.25. The summed E-state index contributed by atoms with van der Waals surface area (Å²) < 4.78 is 0.889. The lowest BCUT2D eigenvalue weighted by atomic mass is 9.90. The molecule has 1 aromatic rings. The fourth-order valence-electron chi connectivity index (χ4n) is 2.49. The number of rotatable bonds is 5.